The monoisotopic (exact) mass is 828 g/mol. The van der Waals surface area contributed by atoms with Crippen molar-refractivity contribution in [2.45, 2.75) is 283 Å². The van der Waals surface area contributed by atoms with Gasteiger partial charge in [-0.05, 0) is 70.6 Å². The van der Waals surface area contributed by atoms with E-state index in [1.165, 1.54) is 186 Å². The highest BCUT2D eigenvalue weighted by atomic mass is 16.3. The third kappa shape index (κ3) is 45.7. The van der Waals surface area contributed by atoms with Crippen molar-refractivity contribution in [2.75, 3.05) is 6.61 Å². The Morgan fingerprint density at radius 1 is 0.424 bits per heavy atom. The lowest BCUT2D eigenvalue weighted by Gasteiger charge is -2.20. The Morgan fingerprint density at radius 2 is 0.729 bits per heavy atom. The van der Waals surface area contributed by atoms with E-state index in [4.69, 9.17) is 0 Å². The van der Waals surface area contributed by atoms with Crippen LogP contribution in [0.15, 0.2) is 48.6 Å². The molecule has 0 spiro atoms. The van der Waals surface area contributed by atoms with E-state index in [1.807, 2.05) is 6.08 Å². The Kier molecular flexibility index (Phi) is 47.6. The molecular formula is C54H101NO4. The van der Waals surface area contributed by atoms with Gasteiger partial charge in [0.1, 0.15) is 0 Å². The first-order chi connectivity index (χ1) is 29.0. The molecule has 3 unspecified atom stereocenters. The molecule has 59 heavy (non-hydrogen) atoms. The van der Waals surface area contributed by atoms with Crippen LogP contribution in [-0.2, 0) is 4.79 Å². The molecule has 0 aromatic rings. The Labute approximate surface area is 367 Å². The van der Waals surface area contributed by atoms with Crippen molar-refractivity contribution in [1.29, 1.82) is 0 Å². The molecular weight excluding hydrogens is 727 g/mol. The summed E-state index contributed by atoms with van der Waals surface area (Å²) < 4.78 is 0. The Balaban J connectivity index is 3.69. The molecule has 0 saturated carbocycles. The third-order valence-corrected chi connectivity index (χ3v) is 11.8. The lowest BCUT2D eigenvalue weighted by Crippen LogP contribution is -2.45. The number of rotatable bonds is 47. The van der Waals surface area contributed by atoms with Gasteiger partial charge in [-0.2, -0.15) is 0 Å². The highest BCUT2D eigenvalue weighted by Gasteiger charge is 2.20. The van der Waals surface area contributed by atoms with Gasteiger partial charge in [-0.1, -0.05) is 236 Å². The minimum atomic E-state index is -0.964. The van der Waals surface area contributed by atoms with E-state index in [2.05, 4.69) is 55.6 Å². The molecule has 5 heteroatoms. The molecule has 0 aliphatic carbocycles. The van der Waals surface area contributed by atoms with Crippen LogP contribution in [-0.4, -0.2) is 46.1 Å². The van der Waals surface area contributed by atoms with Crippen molar-refractivity contribution in [2.24, 2.45) is 0 Å². The maximum absolute atomic E-state index is 12.5. The Bertz CT molecular complexity index is 958. The first-order valence-electron chi connectivity index (χ1n) is 25.9. The van der Waals surface area contributed by atoms with Crippen molar-refractivity contribution in [3.05, 3.63) is 48.6 Å². The summed E-state index contributed by atoms with van der Waals surface area (Å²) in [6.45, 7) is 4.22. The number of hydrogen-bond acceptors (Lipinski definition) is 4. The average molecular weight is 828 g/mol. The van der Waals surface area contributed by atoms with E-state index in [1.54, 1.807) is 6.08 Å². The average Bonchev–Trinajstić information content (AvgIpc) is 3.23. The minimum absolute atomic E-state index is 0.00366. The summed E-state index contributed by atoms with van der Waals surface area (Å²) in [6, 6.07) is -0.772. The van der Waals surface area contributed by atoms with Crippen molar-refractivity contribution in [3.63, 3.8) is 0 Å². The number of carbonyl (C=O) groups is 1. The lowest BCUT2D eigenvalue weighted by atomic mass is 10.0. The minimum Gasteiger partial charge on any atom is -0.394 e. The van der Waals surface area contributed by atoms with Crippen LogP contribution in [0.4, 0.5) is 0 Å². The van der Waals surface area contributed by atoms with Gasteiger partial charge in [0.15, 0.2) is 0 Å². The molecule has 3 atom stereocenters. The van der Waals surface area contributed by atoms with E-state index >= 15 is 0 Å². The molecule has 0 aromatic heterocycles. The molecule has 0 bridgehead atoms. The fourth-order valence-electron chi connectivity index (χ4n) is 7.84. The van der Waals surface area contributed by atoms with Crippen LogP contribution in [0.1, 0.15) is 264 Å². The molecule has 346 valence electrons. The van der Waals surface area contributed by atoms with Crippen LogP contribution in [0.2, 0.25) is 0 Å². The first kappa shape index (κ1) is 57.3. The van der Waals surface area contributed by atoms with Gasteiger partial charge in [0.05, 0.1) is 31.3 Å². The summed E-state index contributed by atoms with van der Waals surface area (Å²) in [5, 5.41) is 33.3. The van der Waals surface area contributed by atoms with Gasteiger partial charge < -0.3 is 20.6 Å². The van der Waals surface area contributed by atoms with Crippen molar-refractivity contribution in [3.8, 4) is 0 Å². The number of unbranched alkanes of at least 4 members (excludes halogenated alkanes) is 32. The summed E-state index contributed by atoms with van der Waals surface area (Å²) in [4.78, 5) is 12.5. The van der Waals surface area contributed by atoms with Crippen molar-refractivity contribution < 1.29 is 20.1 Å². The van der Waals surface area contributed by atoms with E-state index in [0.717, 1.165) is 51.4 Å². The molecule has 0 radical (unpaired) electrons. The second kappa shape index (κ2) is 49.0. The van der Waals surface area contributed by atoms with E-state index in [-0.39, 0.29) is 18.9 Å². The maximum Gasteiger partial charge on any atom is 0.222 e. The van der Waals surface area contributed by atoms with Gasteiger partial charge in [-0.25, -0.2) is 0 Å². The Morgan fingerprint density at radius 3 is 1.08 bits per heavy atom. The van der Waals surface area contributed by atoms with Crippen LogP contribution in [0.3, 0.4) is 0 Å². The van der Waals surface area contributed by atoms with Crippen molar-refractivity contribution in [1.82, 2.24) is 5.32 Å². The van der Waals surface area contributed by atoms with Crippen molar-refractivity contribution >= 4 is 5.91 Å². The fourth-order valence-corrected chi connectivity index (χ4v) is 7.84. The summed E-state index contributed by atoms with van der Waals surface area (Å²) in [6.07, 6.45) is 64.2. The van der Waals surface area contributed by atoms with Crippen LogP contribution in [0.25, 0.3) is 0 Å². The second-order valence-corrected chi connectivity index (χ2v) is 17.8. The highest BCUT2D eigenvalue weighted by molar-refractivity contribution is 5.76. The lowest BCUT2D eigenvalue weighted by molar-refractivity contribution is -0.124. The standard InChI is InChI=1S/C54H101NO4/c1-3-5-7-9-11-13-15-17-19-21-23-25-26-27-28-30-32-34-36-38-40-42-44-46-48-53(58)52(50-56)55-54(59)49-51(57)47-45-43-41-39-37-35-33-31-29-24-22-20-18-16-14-12-10-8-6-4-2/h30-33,38,40,46,48,51-53,56-58H,3-29,34-37,39,41-45,47,49-50H2,1-2H3,(H,55,59)/b32-30+,33-31-,40-38+,48-46+. The first-order valence-corrected chi connectivity index (χ1v) is 25.9. The summed E-state index contributed by atoms with van der Waals surface area (Å²) in [5.74, 6) is -0.333. The van der Waals surface area contributed by atoms with E-state index in [0.29, 0.717) is 6.42 Å². The number of nitrogens with one attached hydrogen (secondary N) is 1. The predicted octanol–water partition coefficient (Wildman–Crippen LogP) is 15.7. The number of allylic oxidation sites excluding steroid dienone is 7. The molecule has 0 rings (SSSR count). The molecule has 0 aliphatic rings. The number of hydrogen-bond donors (Lipinski definition) is 4. The normalized spacial score (nSPS) is 13.8. The maximum atomic E-state index is 12.5. The van der Waals surface area contributed by atoms with Crippen LogP contribution in [0.5, 0.6) is 0 Å². The van der Waals surface area contributed by atoms with Gasteiger partial charge in [-0.15, -0.1) is 0 Å². The smallest absolute Gasteiger partial charge is 0.222 e. The molecule has 0 saturated heterocycles. The van der Waals surface area contributed by atoms with E-state index < -0.39 is 18.2 Å². The summed E-state index contributed by atoms with van der Waals surface area (Å²) in [5.41, 5.74) is 0. The zero-order valence-electron chi connectivity index (χ0n) is 39.4. The van der Waals surface area contributed by atoms with Crippen LogP contribution >= 0.6 is 0 Å². The molecule has 0 aliphatic heterocycles. The number of aliphatic hydroxyl groups is 3. The summed E-state index contributed by atoms with van der Waals surface area (Å²) >= 11 is 0. The molecule has 1 amide bonds. The van der Waals surface area contributed by atoms with Gasteiger partial charge >= 0.3 is 0 Å². The van der Waals surface area contributed by atoms with Gasteiger partial charge in [0, 0.05) is 0 Å². The highest BCUT2D eigenvalue weighted by Crippen LogP contribution is 2.16. The molecule has 0 fully saturated rings. The van der Waals surface area contributed by atoms with Gasteiger partial charge in [-0.3, -0.25) is 4.79 Å². The zero-order chi connectivity index (χ0) is 43.0. The topological polar surface area (TPSA) is 89.8 Å². The molecule has 4 N–H and O–H groups in total. The quantitative estimate of drug-likeness (QED) is 0.0363. The van der Waals surface area contributed by atoms with E-state index in [9.17, 15) is 20.1 Å². The van der Waals surface area contributed by atoms with Gasteiger partial charge in [0.2, 0.25) is 5.91 Å². The largest absolute Gasteiger partial charge is 0.394 e. The third-order valence-electron chi connectivity index (χ3n) is 11.8. The molecule has 0 heterocycles. The fraction of sp³-hybridized carbons (Fsp3) is 0.833. The number of carbonyl (C=O) groups excluding carboxylic acids is 1. The molecule has 5 nitrogen and oxygen atoms in total. The van der Waals surface area contributed by atoms with Gasteiger partial charge in [0.25, 0.3) is 0 Å². The van der Waals surface area contributed by atoms with Crippen LogP contribution < -0.4 is 5.32 Å². The second-order valence-electron chi connectivity index (χ2n) is 17.8. The summed E-state index contributed by atoms with van der Waals surface area (Å²) in [7, 11) is 0. The number of amides is 1. The SMILES string of the molecule is CCCCCCCCCCCCC/C=C\CCCCCCCC(O)CC(=O)NC(CO)C(O)/C=C/CC/C=C/CC/C=C/CCCCCCCCCCCCCCCC. The van der Waals surface area contributed by atoms with Crippen LogP contribution in [0, 0.1) is 0 Å². The zero-order valence-corrected chi connectivity index (χ0v) is 39.4. The Hall–Kier alpha value is -1.69. The predicted molar refractivity (Wildman–Crippen MR) is 259 cm³/mol. The molecule has 0 aromatic carbocycles. The number of aliphatic hydroxyl groups excluding tert-OH is 3.